The number of rotatable bonds is 3. The molecule has 0 fully saturated rings. The minimum absolute atomic E-state index is 0.0618. The van der Waals surface area contributed by atoms with E-state index < -0.39 is 0 Å². The molecule has 0 aromatic heterocycles. The summed E-state index contributed by atoms with van der Waals surface area (Å²) in [7, 11) is 0. The van der Waals surface area contributed by atoms with Crippen molar-refractivity contribution in [2.75, 3.05) is 5.88 Å². The van der Waals surface area contributed by atoms with Gasteiger partial charge in [0.15, 0.2) is 5.78 Å². The van der Waals surface area contributed by atoms with Crippen molar-refractivity contribution < 1.29 is 4.79 Å². The van der Waals surface area contributed by atoms with E-state index in [4.69, 9.17) is 11.6 Å². The van der Waals surface area contributed by atoms with Gasteiger partial charge in [0.05, 0.1) is 5.88 Å². The Morgan fingerprint density at radius 3 is 2.14 bits per heavy atom. The molecule has 4 aromatic rings. The third kappa shape index (κ3) is 1.89. The summed E-state index contributed by atoms with van der Waals surface area (Å²) >= 11 is 5.66. The molecule has 2 heteroatoms. The molecule has 0 bridgehead atoms. The summed E-state index contributed by atoms with van der Waals surface area (Å²) in [4.78, 5) is 11.7. The molecule has 4 rings (SSSR count). The number of ketones is 1. The lowest BCUT2D eigenvalue weighted by Crippen LogP contribution is -2.04. The molecule has 0 aliphatic rings. The van der Waals surface area contributed by atoms with E-state index in [0.29, 0.717) is 6.42 Å². The molecule has 0 amide bonds. The molecular weight excluding hydrogens is 280 g/mol. The second kappa shape index (κ2) is 4.71. The number of alkyl halides is 1. The summed E-state index contributed by atoms with van der Waals surface area (Å²) in [6, 6.07) is 19.1. The Bertz CT molecular complexity index is 955. The molecule has 0 unspecified atom stereocenters. The standard InChI is InChI=1S/C19H13ClO/c20-11-16(21)10-15-7-6-14-5-4-12-2-1-3-13-8-9-17(15)19(14)18(12)13/h1-9H,10-11H2. The second-order valence-corrected chi connectivity index (χ2v) is 5.70. The summed E-state index contributed by atoms with van der Waals surface area (Å²) in [6.07, 6.45) is 0.400. The third-order valence-corrected chi connectivity index (χ3v) is 4.45. The van der Waals surface area contributed by atoms with Crippen LogP contribution in [0.15, 0.2) is 54.6 Å². The van der Waals surface area contributed by atoms with Gasteiger partial charge in [0, 0.05) is 6.42 Å². The van der Waals surface area contributed by atoms with Crippen LogP contribution in [-0.4, -0.2) is 11.7 Å². The van der Waals surface area contributed by atoms with Gasteiger partial charge in [-0.15, -0.1) is 11.6 Å². The quantitative estimate of drug-likeness (QED) is 0.386. The van der Waals surface area contributed by atoms with E-state index in [9.17, 15) is 4.79 Å². The highest BCUT2D eigenvalue weighted by atomic mass is 35.5. The lowest BCUT2D eigenvalue weighted by Gasteiger charge is -2.13. The highest BCUT2D eigenvalue weighted by Crippen LogP contribution is 2.35. The Balaban J connectivity index is 2.13. The van der Waals surface area contributed by atoms with Crippen LogP contribution in [0.25, 0.3) is 32.3 Å². The average Bonchev–Trinajstić information content (AvgIpc) is 2.53. The molecule has 0 atom stereocenters. The maximum Gasteiger partial charge on any atom is 0.151 e. The Labute approximate surface area is 127 Å². The van der Waals surface area contributed by atoms with Crippen LogP contribution in [-0.2, 0) is 11.2 Å². The van der Waals surface area contributed by atoms with Crippen LogP contribution in [0.4, 0.5) is 0 Å². The van der Waals surface area contributed by atoms with E-state index in [1.807, 2.05) is 6.07 Å². The Hall–Kier alpha value is -2.12. The summed E-state index contributed by atoms with van der Waals surface area (Å²) in [5.74, 6) is 0.133. The fourth-order valence-electron chi connectivity index (χ4n) is 3.21. The van der Waals surface area contributed by atoms with Crippen LogP contribution >= 0.6 is 11.6 Å². The molecule has 102 valence electrons. The van der Waals surface area contributed by atoms with Gasteiger partial charge in [-0.1, -0.05) is 54.6 Å². The lowest BCUT2D eigenvalue weighted by atomic mass is 9.91. The van der Waals surface area contributed by atoms with E-state index in [0.717, 1.165) is 10.9 Å². The highest BCUT2D eigenvalue weighted by Gasteiger charge is 2.12. The van der Waals surface area contributed by atoms with Gasteiger partial charge in [-0.05, 0) is 37.9 Å². The number of carbonyl (C=O) groups is 1. The highest BCUT2D eigenvalue weighted by molar-refractivity contribution is 6.28. The van der Waals surface area contributed by atoms with Crippen LogP contribution < -0.4 is 0 Å². The number of benzene rings is 4. The lowest BCUT2D eigenvalue weighted by molar-refractivity contribution is -0.116. The Morgan fingerprint density at radius 1 is 0.810 bits per heavy atom. The van der Waals surface area contributed by atoms with Crippen molar-refractivity contribution in [1.29, 1.82) is 0 Å². The van der Waals surface area contributed by atoms with Crippen molar-refractivity contribution in [2.24, 2.45) is 0 Å². The fourth-order valence-corrected chi connectivity index (χ4v) is 3.30. The first-order valence-corrected chi connectivity index (χ1v) is 7.54. The zero-order valence-electron chi connectivity index (χ0n) is 11.4. The predicted molar refractivity (Wildman–Crippen MR) is 89.6 cm³/mol. The first kappa shape index (κ1) is 12.6. The minimum atomic E-state index is 0.0618. The Kier molecular flexibility index (Phi) is 2.83. The van der Waals surface area contributed by atoms with Crippen molar-refractivity contribution in [3.63, 3.8) is 0 Å². The maximum absolute atomic E-state index is 11.7. The first-order valence-electron chi connectivity index (χ1n) is 7.01. The summed E-state index contributed by atoms with van der Waals surface area (Å²) in [5.41, 5.74) is 1.06. The minimum Gasteiger partial charge on any atom is -0.298 e. The molecule has 0 aliphatic heterocycles. The maximum atomic E-state index is 11.7. The predicted octanol–water partition coefficient (Wildman–Crippen LogP) is 4.93. The van der Waals surface area contributed by atoms with E-state index in [1.165, 1.54) is 26.9 Å². The van der Waals surface area contributed by atoms with Crippen LogP contribution in [0, 0.1) is 0 Å². The van der Waals surface area contributed by atoms with Crippen molar-refractivity contribution in [3.05, 3.63) is 60.2 Å². The molecule has 21 heavy (non-hydrogen) atoms. The van der Waals surface area contributed by atoms with Gasteiger partial charge in [-0.3, -0.25) is 4.79 Å². The van der Waals surface area contributed by atoms with Gasteiger partial charge in [0.2, 0.25) is 0 Å². The number of hydrogen-bond acceptors (Lipinski definition) is 1. The molecule has 0 N–H and O–H groups in total. The van der Waals surface area contributed by atoms with Gasteiger partial charge >= 0.3 is 0 Å². The molecule has 0 saturated carbocycles. The number of Topliss-reactive ketones (excluding diaryl/α,β-unsaturated/α-hetero) is 1. The second-order valence-electron chi connectivity index (χ2n) is 5.43. The normalized spacial score (nSPS) is 11.7. The van der Waals surface area contributed by atoms with Crippen molar-refractivity contribution >= 4 is 49.7 Å². The summed E-state index contributed by atoms with van der Waals surface area (Å²) < 4.78 is 0. The van der Waals surface area contributed by atoms with Gasteiger partial charge in [0.25, 0.3) is 0 Å². The number of carbonyl (C=O) groups excluding carboxylic acids is 1. The molecule has 4 aromatic carbocycles. The first-order chi connectivity index (χ1) is 10.3. The van der Waals surface area contributed by atoms with Gasteiger partial charge in [0.1, 0.15) is 0 Å². The average molecular weight is 293 g/mol. The molecule has 0 saturated heterocycles. The van der Waals surface area contributed by atoms with Crippen LogP contribution in [0.5, 0.6) is 0 Å². The molecule has 1 nitrogen and oxygen atoms in total. The monoisotopic (exact) mass is 292 g/mol. The van der Waals surface area contributed by atoms with E-state index in [1.54, 1.807) is 0 Å². The third-order valence-electron chi connectivity index (χ3n) is 4.16. The van der Waals surface area contributed by atoms with E-state index >= 15 is 0 Å². The zero-order valence-corrected chi connectivity index (χ0v) is 12.2. The van der Waals surface area contributed by atoms with Crippen molar-refractivity contribution in [3.8, 4) is 0 Å². The van der Waals surface area contributed by atoms with Crippen molar-refractivity contribution in [1.82, 2.24) is 0 Å². The molecular formula is C19H13ClO. The summed E-state index contributed by atoms with van der Waals surface area (Å²) in [5, 5.41) is 7.41. The Morgan fingerprint density at radius 2 is 1.43 bits per heavy atom. The largest absolute Gasteiger partial charge is 0.298 e. The number of hydrogen-bond donors (Lipinski definition) is 0. The van der Waals surface area contributed by atoms with E-state index in [2.05, 4.69) is 48.5 Å². The number of halogens is 1. The van der Waals surface area contributed by atoms with Crippen molar-refractivity contribution in [2.45, 2.75) is 6.42 Å². The summed E-state index contributed by atoms with van der Waals surface area (Å²) in [6.45, 7) is 0. The smallest absolute Gasteiger partial charge is 0.151 e. The van der Waals surface area contributed by atoms with Gasteiger partial charge in [-0.25, -0.2) is 0 Å². The zero-order chi connectivity index (χ0) is 14.4. The molecule has 0 radical (unpaired) electrons. The molecule has 0 aliphatic carbocycles. The SMILES string of the molecule is O=C(CCl)Cc1ccc2ccc3cccc4ccc1c2c34. The van der Waals surface area contributed by atoms with Gasteiger partial charge < -0.3 is 0 Å². The topological polar surface area (TPSA) is 17.1 Å². The van der Waals surface area contributed by atoms with Crippen LogP contribution in [0.3, 0.4) is 0 Å². The van der Waals surface area contributed by atoms with E-state index in [-0.39, 0.29) is 11.7 Å². The van der Waals surface area contributed by atoms with Crippen LogP contribution in [0.1, 0.15) is 5.56 Å². The molecule has 0 spiro atoms. The van der Waals surface area contributed by atoms with Gasteiger partial charge in [-0.2, -0.15) is 0 Å². The van der Waals surface area contributed by atoms with Crippen LogP contribution in [0.2, 0.25) is 0 Å². The molecule has 0 heterocycles. The fraction of sp³-hybridized carbons (Fsp3) is 0.105.